The average Bonchev–Trinajstić information content (AvgIpc) is 3.63. The first kappa shape index (κ1) is 29.6. The molecular weight excluding hydrogens is 627 g/mol. The van der Waals surface area contributed by atoms with Crippen molar-refractivity contribution in [2.45, 2.75) is 16.6 Å². The molecule has 1 fully saturated rings. The zero-order chi connectivity index (χ0) is 30.7. The molecule has 2 aromatic heterocycles. The molecule has 5 rings (SSSR count). The molecule has 6 N–H and O–H groups in total. The summed E-state index contributed by atoms with van der Waals surface area (Å²) in [6.07, 6.45) is 3.54. The maximum atomic E-state index is 13.2. The first-order valence-electron chi connectivity index (χ1n) is 11.9. The number of fused-ring (bicyclic) bond motifs is 1. The van der Waals surface area contributed by atoms with Crippen LogP contribution in [-0.2, 0) is 19.2 Å². The number of nitrogen functional groups attached to an aromatic ring is 1. The van der Waals surface area contributed by atoms with Gasteiger partial charge in [0.05, 0.1) is 0 Å². The van der Waals surface area contributed by atoms with Crippen molar-refractivity contribution in [2.75, 3.05) is 23.8 Å². The molecule has 1 aromatic carbocycles. The van der Waals surface area contributed by atoms with Gasteiger partial charge < -0.3 is 40.4 Å². The van der Waals surface area contributed by atoms with Crippen LogP contribution >= 0.6 is 34.9 Å². The normalized spacial score (nSPS) is 18.0. The Morgan fingerprint density at radius 2 is 2.14 bits per heavy atom. The van der Waals surface area contributed by atoms with Crippen LogP contribution in [0, 0.1) is 12.3 Å². The van der Waals surface area contributed by atoms with Crippen LogP contribution in [0.15, 0.2) is 49.8 Å². The summed E-state index contributed by atoms with van der Waals surface area (Å²) in [7, 11) is 0. The van der Waals surface area contributed by atoms with E-state index in [1.165, 1.54) is 35.3 Å². The van der Waals surface area contributed by atoms with Crippen LogP contribution in [0.5, 0.6) is 11.5 Å². The van der Waals surface area contributed by atoms with Gasteiger partial charge in [-0.05, 0) is 18.2 Å². The number of phenolic OH excluding ortho intramolecular Hbond substituents is 2. The molecule has 0 bridgehead atoms. The number of aromatic hydroxyl groups is 2. The summed E-state index contributed by atoms with van der Waals surface area (Å²) in [5.41, 5.74) is 6.37. The Hall–Kier alpha value is -4.93. The lowest BCUT2D eigenvalue weighted by atomic mass is 10.1. The standard InChI is InChI=1S/C24H19N7O9S3/c1-2-5-38-30-15(12-9-42-22(25)26-12)17(34)27-16-19(35)31-20(40-24(36)37)11(7-41-21(16)31)8-43-23-29-28-18(39-23)10-3-4-13(32)14(33)6-10/h1,3-4,6,9,16,21,32-33H,5,7-8H2,(H2,25,26)(H,27,34)(H,36,37)/t16-,21+/m1/s1. The SMILES string of the molecule is C#CCON=C(C(=O)N[C@@H]1C(=O)N2C(OC(=O)O)=C(CSc3nnc(-c4ccc(O)c(O)c4)o3)CS[C@@H]12)c1csc(N)n1. The Morgan fingerprint density at radius 1 is 1.33 bits per heavy atom. The highest BCUT2D eigenvalue weighted by Gasteiger charge is 2.54. The molecule has 4 heterocycles. The highest BCUT2D eigenvalue weighted by molar-refractivity contribution is 8.01. The maximum Gasteiger partial charge on any atom is 0.512 e. The van der Waals surface area contributed by atoms with Crippen LogP contribution in [0.3, 0.4) is 0 Å². The number of benzene rings is 1. The van der Waals surface area contributed by atoms with Crippen LogP contribution in [0.2, 0.25) is 0 Å². The van der Waals surface area contributed by atoms with Crippen LogP contribution in [-0.4, -0.2) is 88.6 Å². The molecule has 0 spiro atoms. The van der Waals surface area contributed by atoms with E-state index >= 15 is 0 Å². The molecular formula is C24H19N7O9S3. The summed E-state index contributed by atoms with van der Waals surface area (Å²) in [6.45, 7) is -0.211. The van der Waals surface area contributed by atoms with Crippen molar-refractivity contribution >= 4 is 63.7 Å². The van der Waals surface area contributed by atoms with Crippen molar-refractivity contribution in [2.24, 2.45) is 5.16 Å². The number of rotatable bonds is 10. The van der Waals surface area contributed by atoms with Crippen molar-refractivity contribution < 1.29 is 43.7 Å². The molecule has 3 aromatic rings. The highest BCUT2D eigenvalue weighted by Crippen LogP contribution is 2.42. The molecule has 43 heavy (non-hydrogen) atoms. The first-order chi connectivity index (χ1) is 20.7. The van der Waals surface area contributed by atoms with Gasteiger partial charge in [0.2, 0.25) is 11.8 Å². The third-order valence-electron chi connectivity index (χ3n) is 5.75. The maximum absolute atomic E-state index is 13.2. The van der Waals surface area contributed by atoms with E-state index in [1.807, 2.05) is 0 Å². The predicted molar refractivity (Wildman–Crippen MR) is 153 cm³/mol. The third-order valence-corrected chi connectivity index (χ3v) is 8.66. The third kappa shape index (κ3) is 6.30. The molecule has 0 radical (unpaired) electrons. The number of amides is 2. The van der Waals surface area contributed by atoms with E-state index in [4.69, 9.17) is 26.1 Å². The minimum absolute atomic E-state index is 0.0799. The lowest BCUT2D eigenvalue weighted by Gasteiger charge is -2.49. The Labute approximate surface area is 253 Å². The smallest absolute Gasteiger partial charge is 0.504 e. The van der Waals surface area contributed by atoms with E-state index in [-0.39, 0.29) is 63.1 Å². The molecule has 0 aliphatic carbocycles. The fourth-order valence-corrected chi connectivity index (χ4v) is 6.60. The molecule has 222 valence electrons. The van der Waals surface area contributed by atoms with Crippen molar-refractivity contribution in [1.29, 1.82) is 0 Å². The number of nitrogens with two attached hydrogens (primary N) is 1. The predicted octanol–water partition coefficient (Wildman–Crippen LogP) is 1.64. The minimum Gasteiger partial charge on any atom is -0.504 e. The molecule has 0 unspecified atom stereocenters. The van der Waals surface area contributed by atoms with Crippen molar-refractivity contribution in [3.8, 4) is 35.3 Å². The number of carboxylic acid groups (broad SMARTS) is 1. The van der Waals surface area contributed by atoms with E-state index in [1.54, 1.807) is 0 Å². The molecule has 19 heteroatoms. The molecule has 16 nitrogen and oxygen atoms in total. The number of carbonyl (C=O) groups is 3. The van der Waals surface area contributed by atoms with Gasteiger partial charge in [0.15, 0.2) is 28.9 Å². The van der Waals surface area contributed by atoms with Gasteiger partial charge in [-0.1, -0.05) is 22.8 Å². The number of β-lactam (4-membered cyclic amide) rings is 1. The van der Waals surface area contributed by atoms with Gasteiger partial charge in [-0.15, -0.1) is 39.7 Å². The van der Waals surface area contributed by atoms with Gasteiger partial charge in [-0.25, -0.2) is 9.78 Å². The zero-order valence-corrected chi connectivity index (χ0v) is 23.9. The molecule has 2 aliphatic heterocycles. The Balaban J connectivity index is 1.29. The largest absolute Gasteiger partial charge is 0.512 e. The lowest BCUT2D eigenvalue weighted by molar-refractivity contribution is -0.148. The van der Waals surface area contributed by atoms with Gasteiger partial charge >= 0.3 is 6.16 Å². The van der Waals surface area contributed by atoms with E-state index in [2.05, 4.69) is 31.6 Å². The van der Waals surface area contributed by atoms with Crippen molar-refractivity contribution in [3.05, 3.63) is 40.7 Å². The second kappa shape index (κ2) is 12.5. The van der Waals surface area contributed by atoms with Gasteiger partial charge in [0.25, 0.3) is 17.0 Å². The first-order valence-corrected chi connectivity index (χ1v) is 14.8. The number of nitrogens with one attached hydrogen (secondary N) is 1. The van der Waals surface area contributed by atoms with Gasteiger partial charge in [0, 0.05) is 28.0 Å². The monoisotopic (exact) mass is 645 g/mol. The van der Waals surface area contributed by atoms with E-state index in [0.29, 0.717) is 11.1 Å². The van der Waals surface area contributed by atoms with Gasteiger partial charge in [-0.3, -0.25) is 14.5 Å². The topological polar surface area (TPSA) is 236 Å². The number of aromatic nitrogens is 3. The number of terminal acetylenes is 1. The van der Waals surface area contributed by atoms with E-state index < -0.39 is 29.4 Å². The van der Waals surface area contributed by atoms with Crippen LogP contribution < -0.4 is 11.1 Å². The number of oxime groups is 1. The zero-order valence-electron chi connectivity index (χ0n) is 21.5. The lowest BCUT2D eigenvalue weighted by Crippen LogP contribution is -2.70. The number of hydrogen-bond acceptors (Lipinski definition) is 16. The number of anilines is 1. The van der Waals surface area contributed by atoms with Gasteiger partial charge in [0.1, 0.15) is 17.1 Å². The summed E-state index contributed by atoms with van der Waals surface area (Å²) in [6, 6.07) is 2.97. The van der Waals surface area contributed by atoms with Crippen LogP contribution in [0.1, 0.15) is 5.69 Å². The fourth-order valence-electron chi connectivity index (χ4n) is 3.84. The summed E-state index contributed by atoms with van der Waals surface area (Å²) in [4.78, 5) is 47.8. The summed E-state index contributed by atoms with van der Waals surface area (Å²) in [5.74, 6) is 0.434. The number of hydrogen-bond donors (Lipinski definition) is 5. The average molecular weight is 646 g/mol. The molecule has 2 atom stereocenters. The van der Waals surface area contributed by atoms with Crippen LogP contribution in [0.25, 0.3) is 11.5 Å². The molecule has 1 saturated heterocycles. The highest BCUT2D eigenvalue weighted by atomic mass is 32.2. The second-order valence-corrected chi connectivity index (χ2v) is 11.4. The molecule has 0 saturated carbocycles. The van der Waals surface area contributed by atoms with Crippen molar-refractivity contribution in [1.82, 2.24) is 25.4 Å². The summed E-state index contributed by atoms with van der Waals surface area (Å²) < 4.78 is 10.6. The second-order valence-electron chi connectivity index (χ2n) is 8.49. The molecule has 2 amide bonds. The van der Waals surface area contributed by atoms with E-state index in [0.717, 1.165) is 28.0 Å². The quantitative estimate of drug-likeness (QED) is 0.0308. The number of thioether (sulfide) groups is 2. The Kier molecular flexibility index (Phi) is 8.61. The fraction of sp³-hybridized carbons (Fsp3) is 0.208. The number of thiazole rings is 1. The summed E-state index contributed by atoms with van der Waals surface area (Å²) >= 11 is 3.42. The van der Waals surface area contributed by atoms with Crippen molar-refractivity contribution in [3.63, 3.8) is 0 Å². The van der Waals surface area contributed by atoms with Gasteiger partial charge in [-0.2, -0.15) is 0 Å². The Morgan fingerprint density at radius 3 is 2.84 bits per heavy atom. The summed E-state index contributed by atoms with van der Waals surface area (Å²) in [5, 5.41) is 43.9. The Bertz CT molecular complexity index is 1700. The van der Waals surface area contributed by atoms with E-state index in [9.17, 15) is 29.7 Å². The number of nitrogens with zero attached hydrogens (tertiary/aromatic N) is 5. The van der Waals surface area contributed by atoms with Crippen LogP contribution in [0.4, 0.5) is 9.93 Å². The number of carbonyl (C=O) groups excluding carboxylic acids is 2. The number of phenols is 2. The number of ether oxygens (including phenoxy) is 1. The molecule has 2 aliphatic rings. The minimum atomic E-state index is -1.63.